The highest BCUT2D eigenvalue weighted by Crippen LogP contribution is 2.43. The fraction of sp³-hybridized carbons (Fsp3) is 0.700. The predicted molar refractivity (Wildman–Crippen MR) is 153 cm³/mol. The van der Waals surface area contributed by atoms with Crippen LogP contribution in [0, 0.1) is 11.3 Å². The first-order chi connectivity index (χ1) is 19.2. The van der Waals surface area contributed by atoms with E-state index in [1.807, 2.05) is 6.92 Å². The van der Waals surface area contributed by atoms with Gasteiger partial charge in [-0.3, -0.25) is 14.5 Å². The second kappa shape index (κ2) is 12.6. The van der Waals surface area contributed by atoms with E-state index in [0.717, 1.165) is 6.07 Å². The Bertz CT molecular complexity index is 1160. The molecule has 2 heterocycles. The highest BCUT2D eigenvalue weighted by atomic mass is 35.5. The van der Waals surface area contributed by atoms with Crippen LogP contribution in [0.3, 0.4) is 0 Å². The molecule has 0 aliphatic carbocycles. The standard InChI is InChI=1S/C30H43ClF3N3O5/c1-19-16-36(17-21-22(30(32,33)34)9-8-10-23(21)31)18-29(19,15-24(38)41-27(2,3)4)25(39)35-20-11-13-37(14-12-20)26(40)42-28(5,6)7/h8-10,19-20H,11-18H2,1-7H3,(H,35,39)/t19-,29+/m0/s1. The number of carbonyl (C=O) groups excluding carboxylic acids is 3. The third kappa shape index (κ3) is 8.75. The molecule has 2 amide bonds. The number of alkyl halides is 3. The number of hydrogen-bond donors (Lipinski definition) is 1. The predicted octanol–water partition coefficient (Wildman–Crippen LogP) is 6.04. The lowest BCUT2D eigenvalue weighted by molar-refractivity contribution is -0.161. The molecule has 0 bridgehead atoms. The summed E-state index contributed by atoms with van der Waals surface area (Å²) in [4.78, 5) is 42.8. The Hall–Kier alpha value is -2.53. The molecule has 0 aromatic heterocycles. The Balaban J connectivity index is 1.80. The van der Waals surface area contributed by atoms with Crippen molar-refractivity contribution in [3.8, 4) is 0 Å². The van der Waals surface area contributed by atoms with Gasteiger partial charge in [-0.2, -0.15) is 13.2 Å². The van der Waals surface area contributed by atoms with Crippen molar-refractivity contribution in [2.24, 2.45) is 11.3 Å². The molecule has 3 rings (SSSR count). The molecule has 0 spiro atoms. The number of nitrogens with zero attached hydrogens (tertiary/aromatic N) is 2. The second-order valence-corrected chi connectivity index (χ2v) is 13.9. The van der Waals surface area contributed by atoms with E-state index in [1.54, 1.807) is 51.3 Å². The van der Waals surface area contributed by atoms with Crippen LogP contribution in [-0.2, 0) is 31.8 Å². The lowest BCUT2D eigenvalue weighted by atomic mass is 9.75. The van der Waals surface area contributed by atoms with Crippen molar-refractivity contribution in [3.63, 3.8) is 0 Å². The maximum Gasteiger partial charge on any atom is 0.416 e. The van der Waals surface area contributed by atoms with Crippen LogP contribution in [-0.4, -0.2) is 71.2 Å². The van der Waals surface area contributed by atoms with E-state index in [0.29, 0.717) is 25.9 Å². The Labute approximate surface area is 251 Å². The van der Waals surface area contributed by atoms with E-state index >= 15 is 0 Å². The number of amides is 2. The fourth-order valence-corrected chi connectivity index (χ4v) is 5.85. The minimum atomic E-state index is -4.59. The molecule has 0 radical (unpaired) electrons. The van der Waals surface area contributed by atoms with Crippen molar-refractivity contribution < 1.29 is 37.0 Å². The molecule has 2 fully saturated rings. The maximum absolute atomic E-state index is 14.0. The van der Waals surface area contributed by atoms with Gasteiger partial charge in [0.25, 0.3) is 0 Å². The van der Waals surface area contributed by atoms with Gasteiger partial charge in [-0.1, -0.05) is 24.6 Å². The highest BCUT2D eigenvalue weighted by molar-refractivity contribution is 6.31. The summed E-state index contributed by atoms with van der Waals surface area (Å²) in [5.41, 5.74) is -3.52. The monoisotopic (exact) mass is 617 g/mol. The smallest absolute Gasteiger partial charge is 0.416 e. The summed E-state index contributed by atoms with van der Waals surface area (Å²) in [7, 11) is 0. The quantitative estimate of drug-likeness (QED) is 0.392. The lowest BCUT2D eigenvalue weighted by Gasteiger charge is -2.37. The van der Waals surface area contributed by atoms with Crippen LogP contribution in [0.1, 0.15) is 78.9 Å². The summed E-state index contributed by atoms with van der Waals surface area (Å²) in [5, 5.41) is 3.07. The van der Waals surface area contributed by atoms with Gasteiger partial charge < -0.3 is 19.7 Å². The Morgan fingerprint density at radius 2 is 1.62 bits per heavy atom. The third-order valence-corrected chi connectivity index (χ3v) is 7.96. The topological polar surface area (TPSA) is 88.2 Å². The number of halogens is 4. The molecule has 8 nitrogen and oxygen atoms in total. The Kier molecular flexibility index (Phi) is 10.2. The van der Waals surface area contributed by atoms with E-state index in [-0.39, 0.29) is 54.5 Å². The lowest BCUT2D eigenvalue weighted by Crippen LogP contribution is -2.54. The van der Waals surface area contributed by atoms with Gasteiger partial charge in [0.05, 0.1) is 17.4 Å². The number of carbonyl (C=O) groups is 3. The first-order valence-electron chi connectivity index (χ1n) is 14.3. The molecule has 2 saturated heterocycles. The zero-order valence-corrected chi connectivity index (χ0v) is 26.2. The summed E-state index contributed by atoms with van der Waals surface area (Å²) < 4.78 is 52.3. The Morgan fingerprint density at radius 1 is 1.02 bits per heavy atom. The molecule has 0 saturated carbocycles. The van der Waals surface area contributed by atoms with Crippen LogP contribution in [0.4, 0.5) is 18.0 Å². The van der Waals surface area contributed by atoms with Crippen LogP contribution >= 0.6 is 11.6 Å². The highest BCUT2D eigenvalue weighted by Gasteiger charge is 2.52. The molecule has 2 atom stereocenters. The SMILES string of the molecule is C[C@H]1CN(Cc2c(Cl)cccc2C(F)(F)F)C[C@@]1(CC(=O)OC(C)(C)C)C(=O)NC1CCN(C(=O)OC(C)(C)C)CC1. The number of likely N-dealkylation sites (tertiary alicyclic amines) is 2. The van der Waals surface area contributed by atoms with Gasteiger partial charge in [0.2, 0.25) is 5.91 Å². The fourth-order valence-electron chi connectivity index (χ4n) is 5.61. The first kappa shape index (κ1) is 34.0. The molecule has 1 N–H and O–H groups in total. The van der Waals surface area contributed by atoms with Gasteiger partial charge in [-0.15, -0.1) is 0 Å². The molecule has 0 unspecified atom stereocenters. The van der Waals surface area contributed by atoms with Crippen LogP contribution in [0.25, 0.3) is 0 Å². The summed E-state index contributed by atoms with van der Waals surface area (Å²) >= 11 is 6.22. The average molecular weight is 618 g/mol. The third-order valence-electron chi connectivity index (χ3n) is 7.60. The van der Waals surface area contributed by atoms with E-state index in [9.17, 15) is 27.6 Å². The Morgan fingerprint density at radius 3 is 2.17 bits per heavy atom. The largest absolute Gasteiger partial charge is 0.460 e. The maximum atomic E-state index is 14.0. The molecule has 2 aliphatic rings. The molecule has 236 valence electrons. The number of benzene rings is 1. The number of rotatable bonds is 6. The van der Waals surface area contributed by atoms with E-state index in [2.05, 4.69) is 5.32 Å². The average Bonchev–Trinajstić information content (AvgIpc) is 3.13. The van der Waals surface area contributed by atoms with Crippen LogP contribution in [0.5, 0.6) is 0 Å². The van der Waals surface area contributed by atoms with Gasteiger partial charge >= 0.3 is 18.2 Å². The minimum Gasteiger partial charge on any atom is -0.460 e. The van der Waals surface area contributed by atoms with E-state index < -0.39 is 40.4 Å². The summed E-state index contributed by atoms with van der Waals surface area (Å²) in [6.45, 7) is 13.4. The number of piperidine rings is 1. The van der Waals surface area contributed by atoms with Crippen LogP contribution in [0.2, 0.25) is 5.02 Å². The molecule has 12 heteroatoms. The van der Waals surface area contributed by atoms with Crippen molar-refractivity contribution >= 4 is 29.6 Å². The van der Waals surface area contributed by atoms with E-state index in [1.165, 1.54) is 12.1 Å². The van der Waals surface area contributed by atoms with Crippen LogP contribution in [0.15, 0.2) is 18.2 Å². The number of nitrogens with one attached hydrogen (secondary N) is 1. The number of esters is 1. The summed E-state index contributed by atoms with van der Waals surface area (Å²) in [6.07, 6.45) is -4.23. The minimum absolute atomic E-state index is 0.0108. The van der Waals surface area contributed by atoms with E-state index in [4.69, 9.17) is 21.1 Å². The molecule has 42 heavy (non-hydrogen) atoms. The van der Waals surface area contributed by atoms with Crippen molar-refractivity contribution in [3.05, 3.63) is 34.3 Å². The molecule has 2 aliphatic heterocycles. The number of hydrogen-bond acceptors (Lipinski definition) is 6. The summed E-state index contributed by atoms with van der Waals surface area (Å²) in [6, 6.07) is 3.42. The van der Waals surface area contributed by atoms with Gasteiger partial charge in [0, 0.05) is 43.8 Å². The van der Waals surface area contributed by atoms with Gasteiger partial charge in [0.15, 0.2) is 0 Å². The molecule has 1 aromatic rings. The van der Waals surface area contributed by atoms with Gasteiger partial charge in [-0.05, 0) is 78.0 Å². The van der Waals surface area contributed by atoms with Gasteiger partial charge in [-0.25, -0.2) is 4.79 Å². The normalized spacial score (nSPS) is 22.6. The van der Waals surface area contributed by atoms with Crippen molar-refractivity contribution in [1.82, 2.24) is 15.1 Å². The zero-order chi connectivity index (χ0) is 31.7. The summed E-state index contributed by atoms with van der Waals surface area (Å²) in [5.74, 6) is -1.28. The van der Waals surface area contributed by atoms with Crippen molar-refractivity contribution in [2.45, 2.75) is 97.7 Å². The zero-order valence-electron chi connectivity index (χ0n) is 25.5. The van der Waals surface area contributed by atoms with Gasteiger partial charge in [0.1, 0.15) is 11.2 Å². The van der Waals surface area contributed by atoms with Crippen molar-refractivity contribution in [2.75, 3.05) is 26.2 Å². The molecule has 1 aromatic carbocycles. The van der Waals surface area contributed by atoms with Crippen molar-refractivity contribution in [1.29, 1.82) is 0 Å². The number of ether oxygens (including phenoxy) is 2. The van der Waals surface area contributed by atoms with Crippen LogP contribution < -0.4 is 5.32 Å². The molecular weight excluding hydrogens is 575 g/mol. The second-order valence-electron chi connectivity index (χ2n) is 13.5. The molecular formula is C30H43ClF3N3O5. The first-order valence-corrected chi connectivity index (χ1v) is 14.7.